The molecule has 2 atom stereocenters. The van der Waals surface area contributed by atoms with Crippen LogP contribution in [0.1, 0.15) is 67.3 Å². The van der Waals surface area contributed by atoms with Gasteiger partial charge in [0.1, 0.15) is 5.75 Å². The second-order valence-corrected chi connectivity index (χ2v) is 9.40. The van der Waals surface area contributed by atoms with Crippen LogP contribution >= 0.6 is 11.3 Å². The first-order valence-corrected chi connectivity index (χ1v) is 12.6. The highest BCUT2D eigenvalue weighted by Gasteiger charge is 2.41. The number of thiophene rings is 1. The van der Waals surface area contributed by atoms with Crippen molar-refractivity contribution in [2.24, 2.45) is 5.10 Å². The smallest absolute Gasteiger partial charge is 0.214 e. The first-order valence-electron chi connectivity index (χ1n) is 11.7. The third-order valence-electron chi connectivity index (χ3n) is 6.23. The molecule has 0 fully saturated rings. The number of nitrogens with zero attached hydrogens (tertiary/aromatic N) is 2. The second kappa shape index (κ2) is 9.87. The Bertz CT molecular complexity index is 1110. The topological polar surface area (TPSA) is 43.3 Å². The molecule has 2 aliphatic heterocycles. The van der Waals surface area contributed by atoms with E-state index >= 15 is 0 Å². The molecule has 0 N–H and O–H groups in total. The van der Waals surface area contributed by atoms with Gasteiger partial charge in [-0.15, -0.1) is 11.3 Å². The van der Waals surface area contributed by atoms with Crippen molar-refractivity contribution in [3.8, 4) is 17.2 Å². The lowest BCUT2D eigenvalue weighted by Crippen LogP contribution is -2.33. The molecule has 2 aromatic carbocycles. The fourth-order valence-corrected chi connectivity index (χ4v) is 5.23. The van der Waals surface area contributed by atoms with Crippen LogP contribution in [0.5, 0.6) is 17.2 Å². The van der Waals surface area contributed by atoms with E-state index in [9.17, 15) is 0 Å². The van der Waals surface area contributed by atoms with E-state index < -0.39 is 0 Å². The van der Waals surface area contributed by atoms with Gasteiger partial charge in [0.2, 0.25) is 6.23 Å². The molecule has 0 bridgehead atoms. The molecule has 3 aromatic rings. The second-order valence-electron chi connectivity index (χ2n) is 8.45. The first-order chi connectivity index (χ1) is 16.3. The van der Waals surface area contributed by atoms with Gasteiger partial charge in [0, 0.05) is 17.5 Å². The molecule has 33 heavy (non-hydrogen) atoms. The molecular weight excluding hydrogens is 432 g/mol. The van der Waals surface area contributed by atoms with Crippen molar-refractivity contribution < 1.29 is 14.2 Å². The molecule has 5 nitrogen and oxygen atoms in total. The van der Waals surface area contributed by atoms with E-state index in [-0.39, 0.29) is 12.3 Å². The van der Waals surface area contributed by atoms with Crippen molar-refractivity contribution in [3.05, 3.63) is 76.0 Å². The summed E-state index contributed by atoms with van der Waals surface area (Å²) in [6, 6.07) is 18.7. The maximum Gasteiger partial charge on any atom is 0.214 e. The molecule has 5 rings (SSSR count). The van der Waals surface area contributed by atoms with Crippen LogP contribution in [-0.4, -0.2) is 24.4 Å². The third-order valence-corrected chi connectivity index (χ3v) is 7.15. The number of unbranched alkanes of at least 4 members (excludes halogenated alkanes) is 3. The maximum absolute atomic E-state index is 6.49. The molecule has 0 amide bonds. The van der Waals surface area contributed by atoms with E-state index in [4.69, 9.17) is 19.3 Å². The third kappa shape index (κ3) is 4.44. The minimum atomic E-state index is -0.324. The number of fused-ring (bicyclic) bond motifs is 3. The van der Waals surface area contributed by atoms with Crippen molar-refractivity contribution in [3.63, 3.8) is 0 Å². The standard InChI is InChI=1S/C27H30N2O3S/c1-3-4-5-8-15-31-24-14-13-19(17-25(24)30-2)27-29-22(20-10-6-7-11-23(20)32-27)18-21(28-29)26-12-9-16-33-26/h6-7,9-14,16-17,22,27H,3-5,8,15,18H2,1-2H3. The summed E-state index contributed by atoms with van der Waals surface area (Å²) in [6.45, 7) is 2.92. The Morgan fingerprint density at radius 3 is 2.79 bits per heavy atom. The summed E-state index contributed by atoms with van der Waals surface area (Å²) in [5.74, 6) is 2.42. The molecule has 0 aliphatic carbocycles. The summed E-state index contributed by atoms with van der Waals surface area (Å²) in [6.07, 6.45) is 5.24. The van der Waals surface area contributed by atoms with Gasteiger partial charge in [0.15, 0.2) is 11.5 Å². The number of ether oxygens (including phenoxy) is 3. The van der Waals surface area contributed by atoms with Gasteiger partial charge in [0.05, 0.1) is 30.3 Å². The van der Waals surface area contributed by atoms with Crippen LogP contribution in [0.3, 0.4) is 0 Å². The van der Waals surface area contributed by atoms with Gasteiger partial charge in [-0.3, -0.25) is 0 Å². The Balaban J connectivity index is 1.42. The Kier molecular flexibility index (Phi) is 6.53. The average molecular weight is 463 g/mol. The van der Waals surface area contributed by atoms with Crippen LogP contribution < -0.4 is 14.2 Å². The van der Waals surface area contributed by atoms with E-state index in [0.29, 0.717) is 6.61 Å². The molecule has 0 radical (unpaired) electrons. The SMILES string of the molecule is CCCCCCOc1ccc(C2Oc3ccccc3C3CC(c4cccs4)=NN32)cc1OC. The van der Waals surface area contributed by atoms with Gasteiger partial charge in [-0.2, -0.15) is 5.10 Å². The molecule has 3 heterocycles. The van der Waals surface area contributed by atoms with Crippen molar-refractivity contribution in [2.75, 3.05) is 13.7 Å². The van der Waals surface area contributed by atoms with E-state index in [1.807, 2.05) is 24.3 Å². The Morgan fingerprint density at radius 1 is 1.06 bits per heavy atom. The van der Waals surface area contributed by atoms with Crippen LogP contribution in [0.4, 0.5) is 0 Å². The number of rotatable bonds is 9. The van der Waals surface area contributed by atoms with Crippen molar-refractivity contribution in [1.82, 2.24) is 5.01 Å². The molecule has 6 heteroatoms. The number of methoxy groups -OCH3 is 1. The Hall–Kier alpha value is -2.99. The van der Waals surface area contributed by atoms with Crippen LogP contribution in [-0.2, 0) is 0 Å². The number of hydrazone groups is 1. The van der Waals surface area contributed by atoms with Crippen LogP contribution in [0.25, 0.3) is 0 Å². The zero-order valence-corrected chi connectivity index (χ0v) is 20.0. The summed E-state index contributed by atoms with van der Waals surface area (Å²) in [7, 11) is 1.69. The Morgan fingerprint density at radius 2 is 1.97 bits per heavy atom. The molecule has 0 spiro atoms. The van der Waals surface area contributed by atoms with E-state index in [0.717, 1.165) is 41.4 Å². The van der Waals surface area contributed by atoms with Crippen LogP contribution in [0.15, 0.2) is 65.1 Å². The zero-order valence-electron chi connectivity index (χ0n) is 19.2. The fourth-order valence-electron chi connectivity index (χ4n) is 4.51. The number of hydrogen-bond acceptors (Lipinski definition) is 6. The quantitative estimate of drug-likeness (QED) is 0.323. The minimum absolute atomic E-state index is 0.150. The van der Waals surface area contributed by atoms with Crippen molar-refractivity contribution in [1.29, 1.82) is 0 Å². The van der Waals surface area contributed by atoms with E-state index in [2.05, 4.69) is 47.6 Å². The van der Waals surface area contributed by atoms with E-state index in [1.54, 1.807) is 18.4 Å². The van der Waals surface area contributed by atoms with Gasteiger partial charge in [0.25, 0.3) is 0 Å². The largest absolute Gasteiger partial charge is 0.493 e. The lowest BCUT2D eigenvalue weighted by molar-refractivity contribution is -0.0191. The van der Waals surface area contributed by atoms with Gasteiger partial charge < -0.3 is 14.2 Å². The highest BCUT2D eigenvalue weighted by atomic mass is 32.1. The number of para-hydroxylation sites is 1. The fraction of sp³-hybridized carbons (Fsp3) is 0.370. The van der Waals surface area contributed by atoms with Crippen LogP contribution in [0, 0.1) is 0 Å². The minimum Gasteiger partial charge on any atom is -0.493 e. The molecule has 0 saturated carbocycles. The Labute approximate surface area is 199 Å². The molecule has 0 saturated heterocycles. The van der Waals surface area contributed by atoms with Crippen molar-refractivity contribution in [2.45, 2.75) is 51.3 Å². The van der Waals surface area contributed by atoms with Crippen molar-refractivity contribution >= 4 is 17.0 Å². The summed E-state index contributed by atoms with van der Waals surface area (Å²) in [5, 5.41) is 9.24. The predicted molar refractivity (Wildman–Crippen MR) is 132 cm³/mol. The highest BCUT2D eigenvalue weighted by molar-refractivity contribution is 7.12. The first kappa shape index (κ1) is 21.8. The van der Waals surface area contributed by atoms with Gasteiger partial charge in [-0.1, -0.05) is 50.5 Å². The molecular formula is C27H30N2O3S. The van der Waals surface area contributed by atoms with E-state index in [1.165, 1.54) is 29.7 Å². The maximum atomic E-state index is 6.49. The summed E-state index contributed by atoms with van der Waals surface area (Å²) in [5.41, 5.74) is 3.29. The average Bonchev–Trinajstić information content (AvgIpc) is 3.54. The predicted octanol–water partition coefficient (Wildman–Crippen LogP) is 6.96. The number of benzene rings is 2. The van der Waals surface area contributed by atoms with Gasteiger partial charge >= 0.3 is 0 Å². The summed E-state index contributed by atoms with van der Waals surface area (Å²) >= 11 is 1.73. The lowest BCUT2D eigenvalue weighted by Gasteiger charge is -2.38. The zero-order chi connectivity index (χ0) is 22.6. The van der Waals surface area contributed by atoms with Gasteiger partial charge in [-0.05, 0) is 42.1 Å². The molecule has 172 valence electrons. The highest BCUT2D eigenvalue weighted by Crippen LogP contribution is 2.48. The molecule has 2 aliphatic rings. The summed E-state index contributed by atoms with van der Waals surface area (Å²) in [4.78, 5) is 1.21. The monoisotopic (exact) mass is 462 g/mol. The lowest BCUT2D eigenvalue weighted by atomic mass is 9.97. The van der Waals surface area contributed by atoms with Gasteiger partial charge in [-0.25, -0.2) is 5.01 Å². The molecule has 2 unspecified atom stereocenters. The molecule has 1 aromatic heterocycles. The summed E-state index contributed by atoms with van der Waals surface area (Å²) < 4.78 is 18.2. The van der Waals surface area contributed by atoms with Crippen LogP contribution in [0.2, 0.25) is 0 Å². The normalized spacial score (nSPS) is 18.8. The number of hydrogen-bond donors (Lipinski definition) is 0.